The highest BCUT2D eigenvalue weighted by molar-refractivity contribution is 7.89. The molecule has 1 amide bonds. The van der Waals surface area contributed by atoms with E-state index in [1.165, 1.54) is 38.4 Å². The number of nitrogens with one attached hydrogen (secondary N) is 1. The van der Waals surface area contributed by atoms with Crippen molar-refractivity contribution in [1.29, 1.82) is 0 Å². The van der Waals surface area contributed by atoms with Gasteiger partial charge in [0.05, 0.1) is 10.9 Å². The Labute approximate surface area is 141 Å². The average molecular weight is 346 g/mol. The molecule has 0 fully saturated rings. The maximum atomic E-state index is 12.4. The van der Waals surface area contributed by atoms with Gasteiger partial charge in [-0.05, 0) is 30.3 Å². The zero-order valence-electron chi connectivity index (χ0n) is 13.4. The molecule has 0 saturated heterocycles. The lowest BCUT2D eigenvalue weighted by Gasteiger charge is -2.13. The number of carbonyl (C=O) groups is 1. The van der Waals surface area contributed by atoms with Crippen molar-refractivity contribution in [2.75, 3.05) is 20.7 Å². The van der Waals surface area contributed by atoms with Gasteiger partial charge in [0.2, 0.25) is 10.0 Å². The summed E-state index contributed by atoms with van der Waals surface area (Å²) in [6.45, 7) is 0.387. The predicted molar refractivity (Wildman–Crippen MR) is 89.5 cm³/mol. The largest absolute Gasteiger partial charge is 0.491 e. The van der Waals surface area contributed by atoms with Crippen LogP contribution in [0.4, 0.5) is 0 Å². The molecule has 7 heteroatoms. The van der Waals surface area contributed by atoms with Crippen molar-refractivity contribution in [1.82, 2.24) is 9.62 Å². The van der Waals surface area contributed by atoms with Gasteiger partial charge < -0.3 is 10.1 Å². The summed E-state index contributed by atoms with van der Waals surface area (Å²) in [6, 6.07) is 13.2. The molecule has 0 aromatic heterocycles. The van der Waals surface area contributed by atoms with Gasteiger partial charge in [0.25, 0.3) is 5.91 Å². The minimum atomic E-state index is -3.50. The quantitative estimate of drug-likeness (QED) is 0.916. The fraction of sp³-hybridized carbons (Fsp3) is 0.235. The van der Waals surface area contributed by atoms with Crippen molar-refractivity contribution in [3.05, 3.63) is 59.7 Å². The van der Waals surface area contributed by atoms with E-state index in [0.29, 0.717) is 12.2 Å². The molecule has 0 bridgehead atoms. The average Bonchev–Trinajstić information content (AvgIpc) is 2.98. The molecule has 1 aliphatic rings. The van der Waals surface area contributed by atoms with Gasteiger partial charge in [-0.15, -0.1) is 0 Å². The van der Waals surface area contributed by atoms with E-state index < -0.39 is 10.0 Å². The van der Waals surface area contributed by atoms with Crippen LogP contribution in [0.1, 0.15) is 22.0 Å². The van der Waals surface area contributed by atoms with Crippen LogP contribution in [0.5, 0.6) is 5.75 Å². The molecule has 1 aliphatic heterocycles. The van der Waals surface area contributed by atoms with E-state index in [1.807, 2.05) is 24.3 Å². The summed E-state index contributed by atoms with van der Waals surface area (Å²) >= 11 is 0. The maximum Gasteiger partial charge on any atom is 0.251 e. The number of amides is 1. The highest BCUT2D eigenvalue weighted by atomic mass is 32.2. The molecule has 0 aliphatic carbocycles. The number of benzene rings is 2. The number of fused-ring (bicyclic) bond motifs is 1. The summed E-state index contributed by atoms with van der Waals surface area (Å²) in [6.07, 6.45) is 0. The van der Waals surface area contributed by atoms with Crippen molar-refractivity contribution < 1.29 is 17.9 Å². The summed E-state index contributed by atoms with van der Waals surface area (Å²) < 4.78 is 30.7. The summed E-state index contributed by atoms with van der Waals surface area (Å²) in [5.41, 5.74) is 1.34. The lowest BCUT2D eigenvalue weighted by molar-refractivity contribution is 0.0930. The molecule has 6 nitrogen and oxygen atoms in total. The number of ether oxygens (including phenoxy) is 1. The summed E-state index contributed by atoms with van der Waals surface area (Å²) in [4.78, 5) is 12.5. The Balaban J connectivity index is 1.75. The van der Waals surface area contributed by atoms with Crippen LogP contribution in [0.25, 0.3) is 0 Å². The second-order valence-corrected chi connectivity index (χ2v) is 7.84. The Kier molecular flexibility index (Phi) is 4.29. The first-order chi connectivity index (χ1) is 11.4. The molecule has 0 saturated carbocycles. The van der Waals surface area contributed by atoms with Crippen molar-refractivity contribution in [2.24, 2.45) is 0 Å². The minimum absolute atomic E-state index is 0.151. The standard InChI is InChI=1S/C17H18N2O4S/c1-19(2)24(21,22)13-9-7-12(8-10-13)17(20)18-15-11-23-16-6-4-3-5-14(15)16/h3-10,15H,11H2,1-2H3,(H,18,20). The topological polar surface area (TPSA) is 75.7 Å². The molecule has 1 atom stereocenters. The second-order valence-electron chi connectivity index (χ2n) is 5.69. The summed E-state index contributed by atoms with van der Waals surface area (Å²) in [5, 5.41) is 2.91. The van der Waals surface area contributed by atoms with Crippen LogP contribution in [-0.4, -0.2) is 39.3 Å². The highest BCUT2D eigenvalue weighted by Gasteiger charge is 2.25. The van der Waals surface area contributed by atoms with E-state index in [1.54, 1.807) is 0 Å². The van der Waals surface area contributed by atoms with Gasteiger partial charge in [-0.2, -0.15) is 0 Å². The van der Waals surface area contributed by atoms with Crippen LogP contribution in [0.15, 0.2) is 53.4 Å². The Morgan fingerprint density at radius 1 is 1.12 bits per heavy atom. The number of carbonyl (C=O) groups excluding carboxylic acids is 1. The third-order valence-electron chi connectivity index (χ3n) is 3.90. The first kappa shape index (κ1) is 16.5. The third-order valence-corrected chi connectivity index (χ3v) is 5.73. The van der Waals surface area contributed by atoms with Gasteiger partial charge >= 0.3 is 0 Å². The van der Waals surface area contributed by atoms with E-state index in [9.17, 15) is 13.2 Å². The van der Waals surface area contributed by atoms with E-state index in [0.717, 1.165) is 15.6 Å². The molecule has 1 heterocycles. The van der Waals surface area contributed by atoms with Crippen LogP contribution in [-0.2, 0) is 10.0 Å². The number of hydrogen-bond acceptors (Lipinski definition) is 4. The normalized spacial score (nSPS) is 16.5. The summed E-state index contributed by atoms with van der Waals surface area (Å²) in [5.74, 6) is 0.504. The lowest BCUT2D eigenvalue weighted by Crippen LogP contribution is -2.29. The van der Waals surface area contributed by atoms with Crippen molar-refractivity contribution in [2.45, 2.75) is 10.9 Å². The van der Waals surface area contributed by atoms with Crippen LogP contribution in [0, 0.1) is 0 Å². The van der Waals surface area contributed by atoms with E-state index in [2.05, 4.69) is 5.32 Å². The van der Waals surface area contributed by atoms with E-state index in [-0.39, 0.29) is 16.8 Å². The molecular weight excluding hydrogens is 328 g/mol. The third kappa shape index (κ3) is 3.00. The van der Waals surface area contributed by atoms with Crippen LogP contribution in [0.3, 0.4) is 0 Å². The SMILES string of the molecule is CN(C)S(=O)(=O)c1ccc(C(=O)NC2COc3ccccc32)cc1. The highest BCUT2D eigenvalue weighted by Crippen LogP contribution is 2.31. The van der Waals surface area contributed by atoms with Crippen LogP contribution in [0.2, 0.25) is 0 Å². The van der Waals surface area contributed by atoms with Gasteiger partial charge in [-0.3, -0.25) is 4.79 Å². The molecule has 1 unspecified atom stereocenters. The van der Waals surface area contributed by atoms with Gasteiger partial charge in [-0.25, -0.2) is 12.7 Å². The Bertz CT molecular complexity index is 860. The fourth-order valence-corrected chi connectivity index (χ4v) is 3.41. The molecule has 0 radical (unpaired) electrons. The van der Waals surface area contributed by atoms with Gasteiger partial charge in [0.1, 0.15) is 12.4 Å². The van der Waals surface area contributed by atoms with Gasteiger partial charge in [0, 0.05) is 25.2 Å². The Hall–Kier alpha value is -2.38. The molecule has 1 N–H and O–H groups in total. The Morgan fingerprint density at radius 2 is 1.79 bits per heavy atom. The predicted octanol–water partition coefficient (Wildman–Crippen LogP) is 1.80. The van der Waals surface area contributed by atoms with Crippen LogP contribution >= 0.6 is 0 Å². The number of sulfonamides is 1. The number of para-hydroxylation sites is 1. The van der Waals surface area contributed by atoms with Crippen molar-refractivity contribution in [3.8, 4) is 5.75 Å². The molecule has 3 rings (SSSR count). The molecule has 24 heavy (non-hydrogen) atoms. The molecule has 126 valence electrons. The van der Waals surface area contributed by atoms with Gasteiger partial charge in [-0.1, -0.05) is 18.2 Å². The molecule has 0 spiro atoms. The molecule has 2 aromatic rings. The zero-order valence-corrected chi connectivity index (χ0v) is 14.2. The van der Waals surface area contributed by atoms with E-state index >= 15 is 0 Å². The summed E-state index contributed by atoms with van der Waals surface area (Å²) in [7, 11) is -0.569. The number of hydrogen-bond donors (Lipinski definition) is 1. The first-order valence-electron chi connectivity index (χ1n) is 7.45. The fourth-order valence-electron chi connectivity index (χ4n) is 2.51. The second kappa shape index (κ2) is 6.26. The monoisotopic (exact) mass is 346 g/mol. The maximum absolute atomic E-state index is 12.4. The number of rotatable bonds is 4. The first-order valence-corrected chi connectivity index (χ1v) is 8.89. The molecular formula is C17H18N2O4S. The van der Waals surface area contributed by atoms with Crippen LogP contribution < -0.4 is 10.1 Å². The zero-order chi connectivity index (χ0) is 17.3. The number of nitrogens with zero attached hydrogens (tertiary/aromatic N) is 1. The Morgan fingerprint density at radius 3 is 2.46 bits per heavy atom. The molecule has 2 aromatic carbocycles. The van der Waals surface area contributed by atoms with E-state index in [4.69, 9.17) is 4.74 Å². The van der Waals surface area contributed by atoms with Crippen molar-refractivity contribution >= 4 is 15.9 Å². The minimum Gasteiger partial charge on any atom is -0.491 e. The smallest absolute Gasteiger partial charge is 0.251 e. The lowest BCUT2D eigenvalue weighted by atomic mass is 10.1. The van der Waals surface area contributed by atoms with Crippen molar-refractivity contribution in [3.63, 3.8) is 0 Å². The van der Waals surface area contributed by atoms with Gasteiger partial charge in [0.15, 0.2) is 0 Å².